The van der Waals surface area contributed by atoms with E-state index in [0.717, 1.165) is 25.7 Å². The molecular weight excluding hydrogens is 356 g/mol. The van der Waals surface area contributed by atoms with E-state index in [2.05, 4.69) is 0 Å². The Balaban J connectivity index is 1.78. The fourth-order valence-corrected chi connectivity index (χ4v) is 4.80. The van der Waals surface area contributed by atoms with Gasteiger partial charge in [-0.25, -0.2) is 0 Å². The molecule has 0 unspecified atom stereocenters. The molecule has 2 aliphatic rings. The quantitative estimate of drug-likeness (QED) is 0.780. The van der Waals surface area contributed by atoms with Gasteiger partial charge < -0.3 is 14.9 Å². The predicted molar refractivity (Wildman–Crippen MR) is 106 cm³/mol. The van der Waals surface area contributed by atoms with Crippen LogP contribution in [0.1, 0.15) is 66.7 Å². The zero-order valence-corrected chi connectivity index (χ0v) is 16.8. The summed E-state index contributed by atoms with van der Waals surface area (Å²) < 4.78 is 0. The Morgan fingerprint density at radius 1 is 1.18 bits per heavy atom. The van der Waals surface area contributed by atoms with Gasteiger partial charge in [0.1, 0.15) is 0 Å². The Labute approximate surface area is 166 Å². The first-order valence-electron chi connectivity index (χ1n) is 10.3. The van der Waals surface area contributed by atoms with Gasteiger partial charge in [-0.15, -0.1) is 0 Å². The van der Waals surface area contributed by atoms with Crippen LogP contribution in [0.5, 0.6) is 0 Å². The van der Waals surface area contributed by atoms with Crippen molar-refractivity contribution >= 4 is 17.8 Å². The molecule has 0 radical (unpaired) electrons. The van der Waals surface area contributed by atoms with Crippen molar-refractivity contribution in [3.05, 3.63) is 35.4 Å². The highest BCUT2D eigenvalue weighted by Crippen LogP contribution is 2.49. The fourth-order valence-electron chi connectivity index (χ4n) is 4.80. The third-order valence-corrected chi connectivity index (χ3v) is 6.21. The molecular formula is C22H30N2O4. The monoisotopic (exact) mass is 386 g/mol. The van der Waals surface area contributed by atoms with Gasteiger partial charge >= 0.3 is 5.97 Å². The normalized spacial score (nSPS) is 23.5. The molecule has 1 aromatic carbocycles. The zero-order chi connectivity index (χ0) is 20.3. The molecule has 6 heteroatoms. The van der Waals surface area contributed by atoms with Crippen LogP contribution in [0.4, 0.5) is 0 Å². The lowest BCUT2D eigenvalue weighted by atomic mass is 9.81. The Morgan fingerprint density at radius 3 is 2.46 bits per heavy atom. The number of aliphatic carboxylic acids is 1. The van der Waals surface area contributed by atoms with Gasteiger partial charge in [0.2, 0.25) is 0 Å². The highest BCUT2D eigenvalue weighted by molar-refractivity contribution is 6.00. The van der Waals surface area contributed by atoms with E-state index in [4.69, 9.17) is 0 Å². The summed E-state index contributed by atoms with van der Waals surface area (Å²) >= 11 is 0. The molecule has 2 amide bonds. The van der Waals surface area contributed by atoms with Crippen LogP contribution in [0.15, 0.2) is 24.3 Å². The lowest BCUT2D eigenvalue weighted by Gasteiger charge is -2.24. The molecule has 1 aromatic rings. The molecule has 1 aliphatic carbocycles. The van der Waals surface area contributed by atoms with Crippen molar-refractivity contribution in [2.75, 3.05) is 26.2 Å². The van der Waals surface area contributed by atoms with Gasteiger partial charge in [-0.1, -0.05) is 26.3 Å². The standard InChI is InChI=1S/C22H30N2O4/c1-3-11-23(12-4-2)19(25)16-7-5-8-17(13-16)20(26)24-14-18-9-6-10-22(18,15-24)21(27)28/h5,7-8,13,18H,3-4,6,9-12,14-15H2,1-2H3,(H,27,28)/t18-,22+/m0/s1. The average Bonchev–Trinajstić information content (AvgIpc) is 3.25. The third kappa shape index (κ3) is 3.64. The maximum Gasteiger partial charge on any atom is 0.311 e. The van der Waals surface area contributed by atoms with Crippen molar-refractivity contribution in [3.63, 3.8) is 0 Å². The maximum absolute atomic E-state index is 13.0. The number of hydrogen-bond acceptors (Lipinski definition) is 3. The van der Waals surface area contributed by atoms with Gasteiger partial charge in [0.05, 0.1) is 5.41 Å². The number of hydrogen-bond donors (Lipinski definition) is 1. The van der Waals surface area contributed by atoms with Crippen LogP contribution in [0.2, 0.25) is 0 Å². The van der Waals surface area contributed by atoms with Gasteiger partial charge in [-0.3, -0.25) is 14.4 Å². The lowest BCUT2D eigenvalue weighted by molar-refractivity contribution is -0.149. The summed E-state index contributed by atoms with van der Waals surface area (Å²) in [5.41, 5.74) is 0.182. The van der Waals surface area contributed by atoms with Crippen LogP contribution in [0.3, 0.4) is 0 Å². The number of nitrogens with zero attached hydrogens (tertiary/aromatic N) is 2. The number of fused-ring (bicyclic) bond motifs is 1. The summed E-state index contributed by atoms with van der Waals surface area (Å²) in [7, 11) is 0. The largest absolute Gasteiger partial charge is 0.481 e. The number of likely N-dealkylation sites (tertiary alicyclic amines) is 1. The molecule has 1 heterocycles. The van der Waals surface area contributed by atoms with Crippen molar-refractivity contribution < 1.29 is 19.5 Å². The first-order chi connectivity index (χ1) is 13.4. The molecule has 2 atom stereocenters. The van der Waals surface area contributed by atoms with Gasteiger partial charge in [0.25, 0.3) is 11.8 Å². The van der Waals surface area contributed by atoms with Gasteiger partial charge in [-0.05, 0) is 49.8 Å². The molecule has 3 rings (SSSR count). The van der Waals surface area contributed by atoms with Gasteiger partial charge in [0, 0.05) is 37.3 Å². The zero-order valence-electron chi connectivity index (χ0n) is 16.8. The molecule has 0 aromatic heterocycles. The molecule has 152 valence electrons. The SMILES string of the molecule is CCCN(CCC)C(=O)c1cccc(C(=O)N2C[C@@H]3CCC[C@@]3(C(=O)O)C2)c1. The minimum atomic E-state index is -0.790. The smallest absolute Gasteiger partial charge is 0.311 e. The molecule has 1 N–H and O–H groups in total. The average molecular weight is 386 g/mol. The highest BCUT2D eigenvalue weighted by atomic mass is 16.4. The molecule has 1 saturated heterocycles. The fraction of sp³-hybridized carbons (Fsp3) is 0.591. The van der Waals surface area contributed by atoms with E-state index >= 15 is 0 Å². The first kappa shape index (κ1) is 20.4. The van der Waals surface area contributed by atoms with Crippen LogP contribution >= 0.6 is 0 Å². The maximum atomic E-state index is 13.0. The number of rotatable bonds is 7. The van der Waals surface area contributed by atoms with Crippen LogP contribution in [0.25, 0.3) is 0 Å². The van der Waals surface area contributed by atoms with Gasteiger partial charge in [0.15, 0.2) is 0 Å². The summed E-state index contributed by atoms with van der Waals surface area (Å²) in [4.78, 5) is 41.2. The number of amides is 2. The van der Waals surface area contributed by atoms with E-state index in [1.807, 2.05) is 18.7 Å². The van der Waals surface area contributed by atoms with Gasteiger partial charge in [-0.2, -0.15) is 0 Å². The number of carboxylic acid groups (broad SMARTS) is 1. The van der Waals surface area contributed by atoms with E-state index in [9.17, 15) is 19.5 Å². The second-order valence-electron chi connectivity index (χ2n) is 8.11. The molecule has 0 spiro atoms. The van der Waals surface area contributed by atoms with Crippen LogP contribution in [-0.2, 0) is 4.79 Å². The number of carboxylic acids is 1. The van der Waals surface area contributed by atoms with E-state index in [0.29, 0.717) is 37.2 Å². The third-order valence-electron chi connectivity index (χ3n) is 6.21. The Morgan fingerprint density at radius 2 is 1.86 bits per heavy atom. The van der Waals surface area contributed by atoms with Crippen molar-refractivity contribution in [3.8, 4) is 0 Å². The van der Waals surface area contributed by atoms with Crippen molar-refractivity contribution in [1.29, 1.82) is 0 Å². The van der Waals surface area contributed by atoms with E-state index in [-0.39, 0.29) is 24.3 Å². The van der Waals surface area contributed by atoms with Crippen LogP contribution in [-0.4, -0.2) is 58.9 Å². The lowest BCUT2D eigenvalue weighted by Crippen LogP contribution is -2.37. The second kappa shape index (κ2) is 8.33. The topological polar surface area (TPSA) is 77.9 Å². The Bertz CT molecular complexity index is 757. The molecule has 6 nitrogen and oxygen atoms in total. The molecule has 1 saturated carbocycles. The summed E-state index contributed by atoms with van der Waals surface area (Å²) in [5, 5.41) is 9.74. The van der Waals surface area contributed by atoms with Crippen molar-refractivity contribution in [2.24, 2.45) is 11.3 Å². The van der Waals surface area contributed by atoms with E-state index in [1.165, 1.54) is 0 Å². The van der Waals surface area contributed by atoms with E-state index < -0.39 is 11.4 Å². The first-order valence-corrected chi connectivity index (χ1v) is 10.3. The Kier molecular flexibility index (Phi) is 6.06. The van der Waals surface area contributed by atoms with Crippen molar-refractivity contribution in [2.45, 2.75) is 46.0 Å². The van der Waals surface area contributed by atoms with Crippen LogP contribution < -0.4 is 0 Å². The van der Waals surface area contributed by atoms with Crippen molar-refractivity contribution in [1.82, 2.24) is 9.80 Å². The van der Waals surface area contributed by atoms with E-state index in [1.54, 1.807) is 29.2 Å². The molecule has 0 bridgehead atoms. The summed E-state index contributed by atoms with van der Waals surface area (Å²) in [6.45, 7) is 6.22. The predicted octanol–water partition coefficient (Wildman–Crippen LogP) is 3.28. The van der Waals surface area contributed by atoms with Crippen LogP contribution in [0, 0.1) is 11.3 Å². The highest BCUT2D eigenvalue weighted by Gasteiger charge is 2.55. The molecule has 28 heavy (non-hydrogen) atoms. The minimum absolute atomic E-state index is 0.0309. The number of carbonyl (C=O) groups excluding carboxylic acids is 2. The summed E-state index contributed by atoms with van der Waals surface area (Å²) in [6.07, 6.45) is 4.18. The molecule has 1 aliphatic heterocycles. The number of carbonyl (C=O) groups is 3. The second-order valence-corrected chi connectivity index (χ2v) is 8.11. The Hall–Kier alpha value is -2.37. The molecule has 2 fully saturated rings. The summed E-state index contributed by atoms with van der Waals surface area (Å²) in [5.74, 6) is -0.992. The minimum Gasteiger partial charge on any atom is -0.481 e. The number of benzene rings is 1. The summed E-state index contributed by atoms with van der Waals surface area (Å²) in [6, 6.07) is 6.85.